The van der Waals surface area contributed by atoms with Crippen molar-refractivity contribution in [2.24, 2.45) is 5.92 Å². The summed E-state index contributed by atoms with van der Waals surface area (Å²) in [5, 5.41) is 3.02. The first-order chi connectivity index (χ1) is 13.5. The van der Waals surface area contributed by atoms with Crippen LogP contribution in [-0.4, -0.2) is 55.8 Å². The van der Waals surface area contributed by atoms with Crippen LogP contribution in [0.3, 0.4) is 0 Å². The van der Waals surface area contributed by atoms with Gasteiger partial charge in [0.1, 0.15) is 10.7 Å². The van der Waals surface area contributed by atoms with Crippen molar-refractivity contribution >= 4 is 21.7 Å². The first kappa shape index (κ1) is 19.6. The Bertz CT molecular complexity index is 784. The van der Waals surface area contributed by atoms with Crippen LogP contribution in [0.5, 0.6) is 0 Å². The van der Waals surface area contributed by atoms with Crippen LogP contribution < -0.4 is 10.2 Å². The van der Waals surface area contributed by atoms with Crippen LogP contribution in [-0.2, 0) is 14.8 Å². The summed E-state index contributed by atoms with van der Waals surface area (Å²) in [4.78, 5) is 19.0. The van der Waals surface area contributed by atoms with Crippen molar-refractivity contribution in [3.8, 4) is 0 Å². The number of hydrogen-bond acceptors (Lipinski definition) is 5. The van der Waals surface area contributed by atoms with E-state index >= 15 is 0 Å². The molecule has 1 N–H and O–H groups in total. The van der Waals surface area contributed by atoms with Gasteiger partial charge in [-0.15, -0.1) is 0 Å². The molecule has 2 aliphatic heterocycles. The highest BCUT2D eigenvalue weighted by atomic mass is 32.2. The molecule has 2 saturated heterocycles. The number of rotatable bonds is 4. The van der Waals surface area contributed by atoms with E-state index in [1.165, 1.54) is 23.3 Å². The van der Waals surface area contributed by atoms with Crippen LogP contribution in [0.2, 0.25) is 0 Å². The summed E-state index contributed by atoms with van der Waals surface area (Å²) in [6.45, 7) is 2.18. The van der Waals surface area contributed by atoms with Gasteiger partial charge in [0.15, 0.2) is 0 Å². The lowest BCUT2D eigenvalue weighted by Crippen LogP contribution is -2.58. The van der Waals surface area contributed by atoms with Crippen LogP contribution >= 0.6 is 0 Å². The third-order valence-electron chi connectivity index (χ3n) is 6.32. The maximum absolute atomic E-state index is 13.1. The zero-order valence-electron chi connectivity index (χ0n) is 16.3. The van der Waals surface area contributed by atoms with E-state index < -0.39 is 10.0 Å². The van der Waals surface area contributed by atoms with E-state index in [4.69, 9.17) is 0 Å². The van der Waals surface area contributed by atoms with E-state index in [9.17, 15) is 13.2 Å². The largest absolute Gasteiger partial charge is 0.357 e. The molecule has 0 unspecified atom stereocenters. The summed E-state index contributed by atoms with van der Waals surface area (Å²) in [6.07, 6.45) is 10.6. The third kappa shape index (κ3) is 4.17. The zero-order valence-corrected chi connectivity index (χ0v) is 17.2. The molecule has 1 aromatic heterocycles. The normalized spacial score (nSPS) is 25.5. The van der Waals surface area contributed by atoms with Gasteiger partial charge < -0.3 is 10.2 Å². The maximum Gasteiger partial charge on any atom is 0.245 e. The van der Waals surface area contributed by atoms with E-state index in [-0.39, 0.29) is 23.4 Å². The van der Waals surface area contributed by atoms with Gasteiger partial charge in [0.05, 0.1) is 6.54 Å². The number of nitrogens with one attached hydrogen (secondary N) is 1. The molecule has 0 spiro atoms. The number of anilines is 1. The van der Waals surface area contributed by atoms with Crippen LogP contribution in [0.25, 0.3) is 0 Å². The summed E-state index contributed by atoms with van der Waals surface area (Å²) in [5.41, 5.74) is 0. The molecule has 28 heavy (non-hydrogen) atoms. The van der Waals surface area contributed by atoms with Crippen molar-refractivity contribution in [1.82, 2.24) is 14.6 Å². The van der Waals surface area contributed by atoms with E-state index in [1.807, 2.05) is 0 Å². The number of piperazine rings is 1. The zero-order chi connectivity index (χ0) is 19.6. The molecule has 1 saturated carbocycles. The minimum absolute atomic E-state index is 0.0862. The van der Waals surface area contributed by atoms with Gasteiger partial charge in [-0.2, -0.15) is 4.31 Å². The van der Waals surface area contributed by atoms with E-state index in [0.29, 0.717) is 12.5 Å². The molecular weight excluding hydrogens is 376 g/mol. The highest BCUT2D eigenvalue weighted by Crippen LogP contribution is 2.29. The second-order valence-electron chi connectivity index (χ2n) is 8.27. The van der Waals surface area contributed by atoms with E-state index in [1.54, 1.807) is 12.1 Å². The minimum atomic E-state index is -3.72. The quantitative estimate of drug-likeness (QED) is 0.828. The smallest absolute Gasteiger partial charge is 0.245 e. The van der Waals surface area contributed by atoms with Gasteiger partial charge in [-0.25, -0.2) is 13.4 Å². The molecule has 1 aromatic rings. The summed E-state index contributed by atoms with van der Waals surface area (Å²) in [7, 11) is -3.72. The summed E-state index contributed by atoms with van der Waals surface area (Å²) in [5.74, 6) is 0.994. The number of aromatic nitrogens is 1. The Morgan fingerprint density at radius 3 is 2.39 bits per heavy atom. The molecule has 3 aliphatic rings. The Kier molecular flexibility index (Phi) is 5.87. The molecule has 0 radical (unpaired) electrons. The molecule has 1 aliphatic carbocycles. The standard InChI is InChI=1S/C20H30N4O3S/c25-20-15-24(14-18(22-20)16-7-3-1-4-8-16)28(26,27)17-9-10-19(21-13-17)23-11-5-2-6-12-23/h9-10,13,16,18H,1-8,11-12,14-15H2,(H,22,25)/t18-/m0/s1. The molecule has 1 atom stereocenters. The molecule has 3 heterocycles. The molecule has 0 bridgehead atoms. The Morgan fingerprint density at radius 1 is 1.00 bits per heavy atom. The molecular formula is C20H30N4O3S. The van der Waals surface area contributed by atoms with Gasteiger partial charge in [-0.1, -0.05) is 19.3 Å². The highest BCUT2D eigenvalue weighted by molar-refractivity contribution is 7.89. The fourth-order valence-electron chi connectivity index (χ4n) is 4.71. The van der Waals surface area contributed by atoms with Gasteiger partial charge in [0, 0.05) is 31.9 Å². The SMILES string of the molecule is O=C1CN(S(=O)(=O)c2ccc(N3CCCCC3)nc2)C[C@@H](C2CCCCC2)N1. The second kappa shape index (κ2) is 8.37. The van der Waals surface area contributed by atoms with Crippen molar-refractivity contribution in [2.45, 2.75) is 62.3 Å². The number of pyridine rings is 1. The highest BCUT2D eigenvalue weighted by Gasteiger charge is 2.37. The summed E-state index contributed by atoms with van der Waals surface area (Å²) >= 11 is 0. The maximum atomic E-state index is 13.1. The van der Waals surface area contributed by atoms with Crippen molar-refractivity contribution in [1.29, 1.82) is 0 Å². The van der Waals surface area contributed by atoms with Crippen molar-refractivity contribution in [3.63, 3.8) is 0 Å². The van der Waals surface area contributed by atoms with Crippen molar-refractivity contribution < 1.29 is 13.2 Å². The average molecular weight is 407 g/mol. The molecule has 1 amide bonds. The van der Waals surface area contributed by atoms with Crippen LogP contribution in [0.4, 0.5) is 5.82 Å². The van der Waals surface area contributed by atoms with Crippen LogP contribution in [0, 0.1) is 5.92 Å². The fraction of sp³-hybridized carbons (Fsp3) is 0.700. The average Bonchev–Trinajstić information content (AvgIpc) is 2.75. The molecule has 3 fully saturated rings. The number of amides is 1. The first-order valence-electron chi connectivity index (χ1n) is 10.5. The summed E-state index contributed by atoms with van der Waals surface area (Å²) < 4.78 is 27.6. The Morgan fingerprint density at radius 2 is 1.71 bits per heavy atom. The number of sulfonamides is 1. The lowest BCUT2D eigenvalue weighted by molar-refractivity contribution is -0.124. The topological polar surface area (TPSA) is 82.6 Å². The number of carbonyl (C=O) groups is 1. The van der Waals surface area contributed by atoms with Crippen molar-refractivity contribution in [2.75, 3.05) is 31.1 Å². The second-order valence-corrected chi connectivity index (χ2v) is 10.2. The Hall–Kier alpha value is -1.67. The first-order valence-corrected chi connectivity index (χ1v) is 12.0. The van der Waals surface area contributed by atoms with Gasteiger partial charge >= 0.3 is 0 Å². The number of hydrogen-bond donors (Lipinski definition) is 1. The molecule has 154 valence electrons. The minimum Gasteiger partial charge on any atom is -0.357 e. The van der Waals surface area contributed by atoms with Gasteiger partial charge in [0.2, 0.25) is 15.9 Å². The van der Waals surface area contributed by atoms with E-state index in [2.05, 4.69) is 15.2 Å². The molecule has 8 heteroatoms. The molecule has 0 aromatic carbocycles. The lowest BCUT2D eigenvalue weighted by atomic mass is 9.83. The fourth-order valence-corrected chi connectivity index (χ4v) is 6.08. The van der Waals surface area contributed by atoms with Crippen molar-refractivity contribution in [3.05, 3.63) is 18.3 Å². The third-order valence-corrected chi connectivity index (χ3v) is 8.12. The predicted molar refractivity (Wildman–Crippen MR) is 108 cm³/mol. The monoisotopic (exact) mass is 406 g/mol. The van der Waals surface area contributed by atoms with Gasteiger partial charge in [-0.3, -0.25) is 4.79 Å². The molecule has 7 nitrogen and oxygen atoms in total. The molecule has 4 rings (SSSR count). The Balaban J connectivity index is 1.49. The van der Waals surface area contributed by atoms with Gasteiger partial charge in [-0.05, 0) is 50.2 Å². The number of carbonyl (C=O) groups excluding carboxylic acids is 1. The predicted octanol–water partition coefficient (Wildman–Crippen LogP) is 2.14. The lowest BCUT2D eigenvalue weighted by Gasteiger charge is -2.38. The van der Waals surface area contributed by atoms with Crippen LogP contribution in [0.1, 0.15) is 51.4 Å². The van der Waals surface area contributed by atoms with Gasteiger partial charge in [0.25, 0.3) is 0 Å². The summed E-state index contributed by atoms with van der Waals surface area (Å²) in [6, 6.07) is 3.34. The number of nitrogens with zero attached hydrogens (tertiary/aromatic N) is 3. The number of piperidine rings is 1. The van der Waals surface area contributed by atoms with Crippen LogP contribution in [0.15, 0.2) is 23.2 Å². The van der Waals surface area contributed by atoms with E-state index in [0.717, 1.165) is 57.4 Å². The Labute approximate surface area is 167 Å².